The highest BCUT2D eigenvalue weighted by atomic mass is 16.3. The number of hydrogen-bond acceptors (Lipinski definition) is 3. The van der Waals surface area contributed by atoms with Gasteiger partial charge in [-0.3, -0.25) is 9.59 Å². The molecule has 0 aliphatic carbocycles. The quantitative estimate of drug-likeness (QED) is 0.727. The molecule has 1 N–H and O–H groups in total. The minimum atomic E-state index is -0.616. The molecule has 1 saturated heterocycles. The van der Waals surface area contributed by atoms with Crippen LogP contribution in [0.3, 0.4) is 0 Å². The van der Waals surface area contributed by atoms with Gasteiger partial charge >= 0.3 is 0 Å². The molecule has 1 heterocycles. The predicted molar refractivity (Wildman–Crippen MR) is 59.7 cm³/mol. The molecule has 16 heavy (non-hydrogen) atoms. The first-order valence-electron chi connectivity index (χ1n) is 5.72. The number of amides is 2. The van der Waals surface area contributed by atoms with Crippen molar-refractivity contribution in [1.29, 1.82) is 0 Å². The van der Waals surface area contributed by atoms with Gasteiger partial charge < -0.3 is 14.9 Å². The van der Waals surface area contributed by atoms with Crippen LogP contribution in [0, 0.1) is 0 Å². The molecule has 5 heteroatoms. The maximum absolute atomic E-state index is 11.8. The molecule has 0 spiro atoms. The van der Waals surface area contributed by atoms with Gasteiger partial charge in [0.1, 0.15) is 6.54 Å². The van der Waals surface area contributed by atoms with Crippen LogP contribution < -0.4 is 0 Å². The van der Waals surface area contributed by atoms with E-state index in [4.69, 9.17) is 0 Å². The van der Waals surface area contributed by atoms with Crippen LogP contribution in [0.2, 0.25) is 0 Å². The van der Waals surface area contributed by atoms with Crippen molar-refractivity contribution in [3.63, 3.8) is 0 Å². The maximum atomic E-state index is 11.8. The van der Waals surface area contributed by atoms with Crippen LogP contribution in [0.1, 0.15) is 27.2 Å². The van der Waals surface area contributed by atoms with E-state index in [0.717, 1.165) is 6.42 Å². The van der Waals surface area contributed by atoms with Crippen LogP contribution in [-0.2, 0) is 9.59 Å². The van der Waals surface area contributed by atoms with Crippen LogP contribution in [0.4, 0.5) is 0 Å². The van der Waals surface area contributed by atoms with Gasteiger partial charge in [0.2, 0.25) is 11.8 Å². The van der Waals surface area contributed by atoms with E-state index >= 15 is 0 Å². The van der Waals surface area contributed by atoms with E-state index < -0.39 is 6.10 Å². The fraction of sp³-hybridized carbons (Fsp3) is 0.818. The van der Waals surface area contributed by atoms with Gasteiger partial charge in [0.15, 0.2) is 0 Å². The van der Waals surface area contributed by atoms with Crippen molar-refractivity contribution in [3.05, 3.63) is 0 Å². The first kappa shape index (κ1) is 13.0. The third-order valence-corrected chi connectivity index (χ3v) is 2.99. The van der Waals surface area contributed by atoms with Gasteiger partial charge in [-0.15, -0.1) is 0 Å². The minimum Gasteiger partial charge on any atom is -0.391 e. The lowest BCUT2D eigenvalue weighted by Crippen LogP contribution is -2.58. The topological polar surface area (TPSA) is 60.9 Å². The highest BCUT2D eigenvalue weighted by Crippen LogP contribution is 2.11. The van der Waals surface area contributed by atoms with E-state index in [-0.39, 0.29) is 30.9 Å². The van der Waals surface area contributed by atoms with Crippen molar-refractivity contribution in [2.24, 2.45) is 0 Å². The molecule has 2 unspecified atom stereocenters. The van der Waals surface area contributed by atoms with Gasteiger partial charge in [-0.25, -0.2) is 0 Å². The average molecular weight is 228 g/mol. The summed E-state index contributed by atoms with van der Waals surface area (Å²) in [6.07, 6.45) is 0.236. The standard InChI is InChI=1S/C11H20N2O3/c1-4-5-12-6-11(16)13(7-10(12)15)8(2)9(3)14/h8-9,14H,4-7H2,1-3H3. The molecule has 5 nitrogen and oxygen atoms in total. The Morgan fingerprint density at radius 3 is 2.38 bits per heavy atom. The van der Waals surface area contributed by atoms with Gasteiger partial charge in [-0.1, -0.05) is 6.92 Å². The first-order valence-corrected chi connectivity index (χ1v) is 5.72. The molecule has 0 bridgehead atoms. The Morgan fingerprint density at radius 1 is 1.25 bits per heavy atom. The summed E-state index contributed by atoms with van der Waals surface area (Å²) in [7, 11) is 0. The van der Waals surface area contributed by atoms with Crippen LogP contribution in [0.15, 0.2) is 0 Å². The zero-order valence-corrected chi connectivity index (χ0v) is 10.1. The number of piperazine rings is 1. The largest absolute Gasteiger partial charge is 0.391 e. The smallest absolute Gasteiger partial charge is 0.242 e. The van der Waals surface area contributed by atoms with Crippen LogP contribution in [-0.4, -0.2) is 58.5 Å². The fourth-order valence-corrected chi connectivity index (χ4v) is 1.78. The highest BCUT2D eigenvalue weighted by Gasteiger charge is 2.33. The second-order valence-corrected chi connectivity index (χ2v) is 4.32. The lowest BCUT2D eigenvalue weighted by atomic mass is 10.1. The highest BCUT2D eigenvalue weighted by molar-refractivity contribution is 5.92. The molecule has 1 aliphatic heterocycles. The van der Waals surface area contributed by atoms with Gasteiger partial charge in [0.25, 0.3) is 0 Å². The summed E-state index contributed by atoms with van der Waals surface area (Å²) in [6.45, 7) is 6.21. The number of nitrogens with zero attached hydrogens (tertiary/aromatic N) is 2. The van der Waals surface area contributed by atoms with Crippen molar-refractivity contribution in [2.75, 3.05) is 19.6 Å². The normalized spacial score (nSPS) is 21.2. The van der Waals surface area contributed by atoms with E-state index in [0.29, 0.717) is 6.54 Å². The molecule has 92 valence electrons. The lowest BCUT2D eigenvalue weighted by Gasteiger charge is -2.38. The lowest BCUT2D eigenvalue weighted by molar-refractivity contribution is -0.153. The van der Waals surface area contributed by atoms with E-state index in [9.17, 15) is 14.7 Å². The molecule has 0 aromatic rings. The van der Waals surface area contributed by atoms with Crippen LogP contribution in [0.25, 0.3) is 0 Å². The second-order valence-electron chi connectivity index (χ2n) is 4.32. The maximum Gasteiger partial charge on any atom is 0.242 e. The number of aliphatic hydroxyl groups is 1. The minimum absolute atomic E-state index is 0.0334. The number of hydrogen-bond donors (Lipinski definition) is 1. The van der Waals surface area contributed by atoms with Gasteiger partial charge in [-0.2, -0.15) is 0 Å². The molecule has 0 aromatic carbocycles. The molecular formula is C11H20N2O3. The first-order chi connectivity index (χ1) is 7.47. The third-order valence-electron chi connectivity index (χ3n) is 2.99. The van der Waals surface area contributed by atoms with Crippen LogP contribution in [0.5, 0.6) is 0 Å². The molecule has 1 rings (SSSR count). The third kappa shape index (κ3) is 2.72. The molecule has 0 radical (unpaired) electrons. The summed E-state index contributed by atoms with van der Waals surface area (Å²) in [4.78, 5) is 26.5. The Hall–Kier alpha value is -1.10. The SMILES string of the molecule is CCCN1CC(=O)N(C(C)C(C)O)CC1=O. The molecular weight excluding hydrogens is 208 g/mol. The Bertz CT molecular complexity index is 278. The zero-order valence-electron chi connectivity index (χ0n) is 10.1. The molecule has 2 amide bonds. The summed E-state index contributed by atoms with van der Waals surface area (Å²) in [5.74, 6) is -0.115. The van der Waals surface area contributed by atoms with Crippen molar-refractivity contribution < 1.29 is 14.7 Å². The fourth-order valence-electron chi connectivity index (χ4n) is 1.78. The van der Waals surface area contributed by atoms with Gasteiger partial charge in [0.05, 0.1) is 18.7 Å². The van der Waals surface area contributed by atoms with Crippen molar-refractivity contribution in [2.45, 2.75) is 39.3 Å². The van der Waals surface area contributed by atoms with Crippen molar-refractivity contribution in [3.8, 4) is 0 Å². The van der Waals surface area contributed by atoms with Gasteiger partial charge in [0, 0.05) is 6.54 Å². The summed E-state index contributed by atoms with van der Waals surface area (Å²) in [6, 6.07) is -0.305. The predicted octanol–water partition coefficient (Wildman–Crippen LogP) is -0.163. The Morgan fingerprint density at radius 2 is 1.88 bits per heavy atom. The van der Waals surface area contributed by atoms with E-state index in [1.807, 2.05) is 6.92 Å². The summed E-state index contributed by atoms with van der Waals surface area (Å²) in [5, 5.41) is 9.43. The Kier molecular flexibility index (Phi) is 4.29. The number of carbonyl (C=O) groups excluding carboxylic acids is 2. The van der Waals surface area contributed by atoms with E-state index in [1.54, 1.807) is 18.7 Å². The number of carbonyl (C=O) groups is 2. The molecule has 0 aromatic heterocycles. The molecule has 1 aliphatic rings. The Labute approximate surface area is 96.0 Å². The van der Waals surface area contributed by atoms with Crippen molar-refractivity contribution in [1.82, 2.24) is 9.80 Å². The Balaban J connectivity index is 2.67. The number of aliphatic hydroxyl groups excluding tert-OH is 1. The average Bonchev–Trinajstić information content (AvgIpc) is 2.22. The van der Waals surface area contributed by atoms with Crippen LogP contribution >= 0.6 is 0 Å². The molecule has 0 saturated carbocycles. The monoisotopic (exact) mass is 228 g/mol. The van der Waals surface area contributed by atoms with E-state index in [1.165, 1.54) is 4.90 Å². The second kappa shape index (κ2) is 5.30. The zero-order chi connectivity index (χ0) is 12.3. The van der Waals surface area contributed by atoms with E-state index in [2.05, 4.69) is 0 Å². The summed E-state index contributed by atoms with van der Waals surface area (Å²) < 4.78 is 0. The van der Waals surface area contributed by atoms with Crippen molar-refractivity contribution >= 4 is 11.8 Å². The summed E-state index contributed by atoms with van der Waals surface area (Å²) >= 11 is 0. The molecule has 2 atom stereocenters. The van der Waals surface area contributed by atoms with Gasteiger partial charge in [-0.05, 0) is 20.3 Å². The summed E-state index contributed by atoms with van der Waals surface area (Å²) in [5.41, 5.74) is 0. The number of rotatable bonds is 4. The molecule has 1 fully saturated rings.